The fourth-order valence-corrected chi connectivity index (χ4v) is 2.61. The molecule has 0 spiro atoms. The number of hydrogen-bond donors (Lipinski definition) is 1. The smallest absolute Gasteiger partial charge is 0.269 e. The van der Waals surface area contributed by atoms with Gasteiger partial charge in [-0.15, -0.1) is 11.3 Å². The Hall–Kier alpha value is -1.33. The highest BCUT2D eigenvalue weighted by Gasteiger charge is 2.14. The van der Waals surface area contributed by atoms with Gasteiger partial charge in [0.15, 0.2) is 0 Å². The lowest BCUT2D eigenvalue weighted by Gasteiger charge is -2.07. The Morgan fingerprint density at radius 2 is 2.17 bits per heavy atom. The number of rotatable bonds is 3. The number of anilines is 1. The monoisotopic (exact) mass is 325 g/mol. The maximum atomic E-state index is 12.1. The first kappa shape index (κ1) is 13.1. The van der Waals surface area contributed by atoms with Crippen LogP contribution < -0.4 is 10.1 Å². The van der Waals surface area contributed by atoms with Gasteiger partial charge < -0.3 is 10.1 Å². The molecule has 0 radical (unpaired) electrons. The molecule has 2 aromatic rings. The fourth-order valence-electron chi connectivity index (χ4n) is 1.48. The van der Waals surface area contributed by atoms with E-state index in [0.29, 0.717) is 10.6 Å². The van der Waals surface area contributed by atoms with Gasteiger partial charge in [-0.05, 0) is 36.1 Å². The molecular formula is C13H12BrNO2S. The van der Waals surface area contributed by atoms with Crippen molar-refractivity contribution < 1.29 is 9.53 Å². The minimum absolute atomic E-state index is 0.155. The van der Waals surface area contributed by atoms with Crippen LogP contribution in [0.25, 0.3) is 0 Å². The average Bonchev–Trinajstić information content (AvgIpc) is 2.82. The van der Waals surface area contributed by atoms with Crippen LogP contribution in [0, 0.1) is 6.92 Å². The van der Waals surface area contributed by atoms with E-state index in [1.807, 2.05) is 30.5 Å². The topological polar surface area (TPSA) is 38.3 Å². The lowest BCUT2D eigenvalue weighted by molar-refractivity contribution is 0.102. The van der Waals surface area contributed by atoms with Crippen LogP contribution in [0.5, 0.6) is 5.75 Å². The largest absolute Gasteiger partial charge is 0.495 e. The van der Waals surface area contributed by atoms with Crippen LogP contribution >= 0.6 is 27.3 Å². The molecular weight excluding hydrogens is 314 g/mol. The molecule has 18 heavy (non-hydrogen) atoms. The minimum atomic E-state index is -0.155. The van der Waals surface area contributed by atoms with E-state index in [0.717, 1.165) is 15.7 Å². The number of carbonyl (C=O) groups excluding carboxylic acids is 1. The molecule has 0 bridgehead atoms. The lowest BCUT2D eigenvalue weighted by Crippen LogP contribution is -2.11. The van der Waals surface area contributed by atoms with E-state index in [-0.39, 0.29) is 5.91 Å². The quantitative estimate of drug-likeness (QED) is 0.923. The van der Waals surface area contributed by atoms with Gasteiger partial charge in [0.25, 0.3) is 5.91 Å². The van der Waals surface area contributed by atoms with Crippen LogP contribution in [0.2, 0.25) is 0 Å². The van der Waals surface area contributed by atoms with Crippen molar-refractivity contribution in [3.05, 3.63) is 44.6 Å². The Morgan fingerprint density at radius 3 is 2.83 bits per heavy atom. The van der Waals surface area contributed by atoms with Crippen molar-refractivity contribution in [1.82, 2.24) is 0 Å². The molecule has 1 aromatic heterocycles. The van der Waals surface area contributed by atoms with Crippen molar-refractivity contribution in [2.75, 3.05) is 12.4 Å². The number of carbonyl (C=O) groups is 1. The van der Waals surface area contributed by atoms with E-state index in [1.165, 1.54) is 11.3 Å². The number of methoxy groups -OCH3 is 1. The highest BCUT2D eigenvalue weighted by atomic mass is 79.9. The van der Waals surface area contributed by atoms with Gasteiger partial charge in [-0.3, -0.25) is 4.79 Å². The van der Waals surface area contributed by atoms with E-state index < -0.39 is 0 Å². The first-order valence-electron chi connectivity index (χ1n) is 5.31. The van der Waals surface area contributed by atoms with Crippen LogP contribution in [0.4, 0.5) is 5.69 Å². The lowest BCUT2D eigenvalue weighted by atomic mass is 10.2. The molecule has 1 heterocycles. The number of hydrogen-bond acceptors (Lipinski definition) is 3. The second kappa shape index (κ2) is 5.54. The number of nitrogens with one attached hydrogen (secondary N) is 1. The molecule has 0 saturated carbocycles. The number of aryl methyl sites for hydroxylation is 1. The third-order valence-corrected chi connectivity index (χ3v) is 4.23. The SMILES string of the molecule is COc1ccsc1C(=O)Nc1ccc(C)c(Br)c1. The summed E-state index contributed by atoms with van der Waals surface area (Å²) in [7, 11) is 1.56. The standard InChI is InChI=1S/C13H12BrNO2S/c1-8-3-4-9(7-10(8)14)15-13(16)12-11(17-2)5-6-18-12/h3-7H,1-2H3,(H,15,16). The molecule has 0 saturated heterocycles. The van der Waals surface area contributed by atoms with Crippen LogP contribution in [-0.4, -0.2) is 13.0 Å². The van der Waals surface area contributed by atoms with Crippen molar-refractivity contribution in [2.45, 2.75) is 6.92 Å². The van der Waals surface area contributed by atoms with E-state index in [1.54, 1.807) is 13.2 Å². The summed E-state index contributed by atoms with van der Waals surface area (Å²) in [6.07, 6.45) is 0. The molecule has 94 valence electrons. The van der Waals surface area contributed by atoms with Crippen LogP contribution in [-0.2, 0) is 0 Å². The van der Waals surface area contributed by atoms with Gasteiger partial charge in [-0.2, -0.15) is 0 Å². The van der Waals surface area contributed by atoms with Crippen molar-refractivity contribution in [1.29, 1.82) is 0 Å². The predicted molar refractivity (Wildman–Crippen MR) is 77.7 cm³/mol. The molecule has 5 heteroatoms. The van der Waals surface area contributed by atoms with Gasteiger partial charge >= 0.3 is 0 Å². The molecule has 2 rings (SSSR count). The summed E-state index contributed by atoms with van der Waals surface area (Å²) in [5.41, 5.74) is 1.88. The second-order valence-corrected chi connectivity index (χ2v) is 5.51. The van der Waals surface area contributed by atoms with Crippen molar-refractivity contribution in [2.24, 2.45) is 0 Å². The molecule has 0 aliphatic rings. The summed E-state index contributed by atoms with van der Waals surface area (Å²) in [6, 6.07) is 7.49. The molecule has 1 aromatic carbocycles. The Morgan fingerprint density at radius 1 is 1.39 bits per heavy atom. The number of amides is 1. The maximum Gasteiger partial charge on any atom is 0.269 e. The number of ether oxygens (including phenoxy) is 1. The predicted octanol–water partition coefficient (Wildman–Crippen LogP) is 4.08. The van der Waals surface area contributed by atoms with Gasteiger partial charge in [0.1, 0.15) is 10.6 Å². The first-order valence-corrected chi connectivity index (χ1v) is 6.98. The van der Waals surface area contributed by atoms with Gasteiger partial charge in [-0.1, -0.05) is 22.0 Å². The minimum Gasteiger partial charge on any atom is -0.495 e. The molecule has 3 nitrogen and oxygen atoms in total. The molecule has 0 aliphatic heterocycles. The highest BCUT2D eigenvalue weighted by Crippen LogP contribution is 2.26. The highest BCUT2D eigenvalue weighted by molar-refractivity contribution is 9.10. The molecule has 0 aliphatic carbocycles. The van der Waals surface area contributed by atoms with Gasteiger partial charge in [0.2, 0.25) is 0 Å². The number of benzene rings is 1. The zero-order chi connectivity index (χ0) is 13.1. The number of thiophene rings is 1. The summed E-state index contributed by atoms with van der Waals surface area (Å²) in [4.78, 5) is 12.6. The van der Waals surface area contributed by atoms with Crippen molar-refractivity contribution in [3.63, 3.8) is 0 Å². The summed E-state index contributed by atoms with van der Waals surface area (Å²) in [5.74, 6) is 0.446. The van der Waals surface area contributed by atoms with Gasteiger partial charge in [-0.25, -0.2) is 0 Å². The molecule has 0 atom stereocenters. The van der Waals surface area contributed by atoms with Crippen LogP contribution in [0.15, 0.2) is 34.1 Å². The van der Waals surface area contributed by atoms with E-state index in [2.05, 4.69) is 21.2 Å². The molecule has 0 unspecified atom stereocenters. The summed E-state index contributed by atoms with van der Waals surface area (Å²) in [6.45, 7) is 2.00. The fraction of sp³-hybridized carbons (Fsp3) is 0.154. The molecule has 0 fully saturated rings. The zero-order valence-electron chi connectivity index (χ0n) is 9.99. The van der Waals surface area contributed by atoms with Crippen LogP contribution in [0.1, 0.15) is 15.2 Å². The molecule has 1 N–H and O–H groups in total. The Bertz CT molecular complexity index is 580. The number of halogens is 1. The summed E-state index contributed by atoms with van der Waals surface area (Å²) in [5, 5.41) is 4.68. The second-order valence-electron chi connectivity index (χ2n) is 3.74. The Balaban J connectivity index is 2.19. The van der Waals surface area contributed by atoms with Gasteiger partial charge in [0, 0.05) is 10.2 Å². The summed E-state index contributed by atoms with van der Waals surface area (Å²) >= 11 is 4.80. The maximum absolute atomic E-state index is 12.1. The average molecular weight is 326 g/mol. The Labute approximate surface area is 118 Å². The van der Waals surface area contributed by atoms with Gasteiger partial charge in [0.05, 0.1) is 7.11 Å². The van der Waals surface area contributed by atoms with Crippen LogP contribution in [0.3, 0.4) is 0 Å². The zero-order valence-corrected chi connectivity index (χ0v) is 12.4. The normalized spacial score (nSPS) is 10.2. The van der Waals surface area contributed by atoms with E-state index >= 15 is 0 Å². The summed E-state index contributed by atoms with van der Waals surface area (Å²) < 4.78 is 6.10. The van der Waals surface area contributed by atoms with E-state index in [4.69, 9.17) is 4.74 Å². The Kier molecular flexibility index (Phi) is 4.04. The molecule has 1 amide bonds. The van der Waals surface area contributed by atoms with Crippen molar-refractivity contribution >= 4 is 38.9 Å². The third-order valence-electron chi connectivity index (χ3n) is 2.48. The first-order chi connectivity index (χ1) is 8.61. The van der Waals surface area contributed by atoms with E-state index in [9.17, 15) is 4.79 Å². The van der Waals surface area contributed by atoms with Crippen molar-refractivity contribution in [3.8, 4) is 5.75 Å². The third kappa shape index (κ3) is 2.73.